The van der Waals surface area contributed by atoms with Crippen LogP contribution in [0.5, 0.6) is 0 Å². The number of rotatable bonds is 7. The van der Waals surface area contributed by atoms with Gasteiger partial charge >= 0.3 is 0 Å². The van der Waals surface area contributed by atoms with Crippen LogP contribution in [0.25, 0.3) is 0 Å². The van der Waals surface area contributed by atoms with Crippen LogP contribution < -0.4 is 4.90 Å². The van der Waals surface area contributed by atoms with E-state index >= 15 is 0 Å². The number of piperazine rings is 1. The molecule has 31 heavy (non-hydrogen) atoms. The fourth-order valence-electron chi connectivity index (χ4n) is 3.70. The molecule has 0 saturated carbocycles. The molecule has 1 fully saturated rings. The van der Waals surface area contributed by atoms with Gasteiger partial charge in [-0.15, -0.1) is 0 Å². The second-order valence-electron chi connectivity index (χ2n) is 7.89. The van der Waals surface area contributed by atoms with Crippen LogP contribution in [0.15, 0.2) is 83.9 Å². The first kappa shape index (κ1) is 21.5. The summed E-state index contributed by atoms with van der Waals surface area (Å²) in [4.78, 5) is 9.19. The lowest BCUT2D eigenvalue weighted by molar-refractivity contribution is 0.312. The molecule has 1 aromatic heterocycles. The number of anilines is 1. The van der Waals surface area contributed by atoms with E-state index in [0.29, 0.717) is 13.1 Å². The van der Waals surface area contributed by atoms with Gasteiger partial charge in [0.15, 0.2) is 0 Å². The Morgan fingerprint density at radius 1 is 0.806 bits per heavy atom. The molecule has 1 aliphatic rings. The fourth-order valence-corrected chi connectivity index (χ4v) is 5.06. The van der Waals surface area contributed by atoms with Crippen LogP contribution in [0.3, 0.4) is 0 Å². The minimum absolute atomic E-state index is 0.220. The monoisotopic (exact) mass is 436 g/mol. The van der Waals surface area contributed by atoms with Crippen molar-refractivity contribution >= 4 is 15.8 Å². The summed E-state index contributed by atoms with van der Waals surface area (Å²) in [6, 6.07) is 22.9. The normalized spacial score (nSPS) is 15.4. The number of pyridine rings is 1. The Hall–Kier alpha value is -2.74. The summed E-state index contributed by atoms with van der Waals surface area (Å²) in [5.41, 5.74) is 1.90. The van der Waals surface area contributed by atoms with Gasteiger partial charge in [-0.2, -0.15) is 4.31 Å². The van der Waals surface area contributed by atoms with Crippen molar-refractivity contribution in [1.29, 1.82) is 0 Å². The third-order valence-electron chi connectivity index (χ3n) is 5.59. The van der Waals surface area contributed by atoms with Crippen LogP contribution in [-0.2, 0) is 23.1 Å². The first-order valence-electron chi connectivity index (χ1n) is 10.5. The van der Waals surface area contributed by atoms with Crippen LogP contribution in [0.1, 0.15) is 11.1 Å². The number of sulfonamides is 1. The third-order valence-corrected chi connectivity index (χ3v) is 7.36. The van der Waals surface area contributed by atoms with Gasteiger partial charge in [-0.05, 0) is 30.3 Å². The third kappa shape index (κ3) is 5.31. The average Bonchev–Trinajstić information content (AvgIpc) is 2.81. The number of likely N-dealkylation sites (N-methyl/N-ethyl adjacent to an activating group) is 1. The molecule has 2 aromatic carbocycles. The lowest BCUT2D eigenvalue weighted by Gasteiger charge is -2.33. The SMILES string of the molecule is CN1CCN(c2ccc(S(=O)(=O)N(Cc3ccccc3)Cc3ccccc3)cn2)CC1. The van der Waals surface area contributed by atoms with Crippen molar-refractivity contribution in [2.45, 2.75) is 18.0 Å². The predicted octanol–water partition coefficient (Wildman–Crippen LogP) is 3.22. The maximum Gasteiger partial charge on any atom is 0.245 e. The van der Waals surface area contributed by atoms with Crippen molar-refractivity contribution in [1.82, 2.24) is 14.2 Å². The first-order valence-corrected chi connectivity index (χ1v) is 11.9. The molecule has 0 bridgehead atoms. The van der Waals surface area contributed by atoms with E-state index in [9.17, 15) is 8.42 Å². The predicted molar refractivity (Wildman–Crippen MR) is 123 cm³/mol. The van der Waals surface area contributed by atoms with Gasteiger partial charge in [-0.25, -0.2) is 13.4 Å². The Morgan fingerprint density at radius 3 is 1.84 bits per heavy atom. The zero-order valence-electron chi connectivity index (χ0n) is 17.8. The molecule has 6 nitrogen and oxygen atoms in total. The molecule has 7 heteroatoms. The highest BCUT2D eigenvalue weighted by molar-refractivity contribution is 7.89. The summed E-state index contributed by atoms with van der Waals surface area (Å²) < 4.78 is 28.6. The van der Waals surface area contributed by atoms with E-state index in [1.807, 2.05) is 66.7 Å². The molecule has 3 aromatic rings. The highest BCUT2D eigenvalue weighted by Gasteiger charge is 2.26. The van der Waals surface area contributed by atoms with Crippen LogP contribution >= 0.6 is 0 Å². The van der Waals surface area contributed by atoms with E-state index in [-0.39, 0.29) is 4.90 Å². The summed E-state index contributed by atoms with van der Waals surface area (Å²) in [6.07, 6.45) is 1.49. The highest BCUT2D eigenvalue weighted by Crippen LogP contribution is 2.23. The Bertz CT molecular complexity index is 1020. The molecule has 2 heterocycles. The van der Waals surface area contributed by atoms with Crippen LogP contribution in [0, 0.1) is 0 Å². The zero-order valence-corrected chi connectivity index (χ0v) is 18.6. The molecule has 4 rings (SSSR count). The van der Waals surface area contributed by atoms with E-state index in [1.54, 1.807) is 6.07 Å². The lowest BCUT2D eigenvalue weighted by atomic mass is 10.2. The van der Waals surface area contributed by atoms with Gasteiger partial charge < -0.3 is 9.80 Å². The zero-order chi connectivity index (χ0) is 21.7. The number of aromatic nitrogens is 1. The quantitative estimate of drug-likeness (QED) is 0.569. The van der Waals surface area contributed by atoms with E-state index in [0.717, 1.165) is 43.1 Å². The Morgan fingerprint density at radius 2 is 1.35 bits per heavy atom. The van der Waals surface area contributed by atoms with Crippen LogP contribution in [0.2, 0.25) is 0 Å². The molecular weight excluding hydrogens is 408 g/mol. The molecule has 0 N–H and O–H groups in total. The van der Waals surface area contributed by atoms with Crippen molar-refractivity contribution in [3.8, 4) is 0 Å². The number of benzene rings is 2. The minimum Gasteiger partial charge on any atom is -0.354 e. The molecule has 1 saturated heterocycles. The smallest absolute Gasteiger partial charge is 0.245 e. The Balaban J connectivity index is 1.58. The molecule has 162 valence electrons. The number of hydrogen-bond acceptors (Lipinski definition) is 5. The van der Waals surface area contributed by atoms with Gasteiger partial charge in [0.1, 0.15) is 10.7 Å². The van der Waals surface area contributed by atoms with Gasteiger partial charge in [0.25, 0.3) is 0 Å². The molecule has 0 radical (unpaired) electrons. The van der Waals surface area contributed by atoms with Crippen molar-refractivity contribution in [2.75, 3.05) is 38.1 Å². The van der Waals surface area contributed by atoms with Crippen molar-refractivity contribution < 1.29 is 8.42 Å². The largest absolute Gasteiger partial charge is 0.354 e. The molecule has 0 amide bonds. The van der Waals surface area contributed by atoms with Crippen LogP contribution in [0.4, 0.5) is 5.82 Å². The lowest BCUT2D eigenvalue weighted by Crippen LogP contribution is -2.44. The van der Waals surface area contributed by atoms with Gasteiger partial charge in [0, 0.05) is 45.5 Å². The fraction of sp³-hybridized carbons (Fsp3) is 0.292. The van der Waals surface area contributed by atoms with Crippen LogP contribution in [-0.4, -0.2) is 55.8 Å². The van der Waals surface area contributed by atoms with Gasteiger partial charge in [-0.3, -0.25) is 0 Å². The molecular formula is C24H28N4O2S. The van der Waals surface area contributed by atoms with Gasteiger partial charge in [-0.1, -0.05) is 60.7 Å². The van der Waals surface area contributed by atoms with E-state index in [1.165, 1.54) is 10.5 Å². The second-order valence-corrected chi connectivity index (χ2v) is 9.82. The number of nitrogens with zero attached hydrogens (tertiary/aromatic N) is 4. The summed E-state index contributed by atoms with van der Waals surface area (Å²) in [5.74, 6) is 0.824. The average molecular weight is 437 g/mol. The maximum atomic E-state index is 13.5. The molecule has 0 atom stereocenters. The summed E-state index contributed by atoms with van der Waals surface area (Å²) in [6.45, 7) is 4.34. The van der Waals surface area contributed by atoms with E-state index in [4.69, 9.17) is 0 Å². The van der Waals surface area contributed by atoms with Crippen molar-refractivity contribution in [3.63, 3.8) is 0 Å². The van der Waals surface area contributed by atoms with Crippen molar-refractivity contribution in [2.24, 2.45) is 0 Å². The number of hydrogen-bond donors (Lipinski definition) is 0. The van der Waals surface area contributed by atoms with Gasteiger partial charge in [0.2, 0.25) is 10.0 Å². The van der Waals surface area contributed by atoms with Crippen molar-refractivity contribution in [3.05, 3.63) is 90.1 Å². The summed E-state index contributed by atoms with van der Waals surface area (Å²) in [5, 5.41) is 0. The Labute approximate surface area is 184 Å². The maximum absolute atomic E-state index is 13.5. The molecule has 0 unspecified atom stereocenters. The second kappa shape index (κ2) is 9.60. The first-order chi connectivity index (χ1) is 15.0. The van der Waals surface area contributed by atoms with E-state index < -0.39 is 10.0 Å². The van der Waals surface area contributed by atoms with E-state index in [2.05, 4.69) is 21.8 Å². The minimum atomic E-state index is -3.71. The highest BCUT2D eigenvalue weighted by atomic mass is 32.2. The van der Waals surface area contributed by atoms with Gasteiger partial charge in [0.05, 0.1) is 0 Å². The molecule has 0 aliphatic carbocycles. The molecule has 1 aliphatic heterocycles. The summed E-state index contributed by atoms with van der Waals surface area (Å²) >= 11 is 0. The topological polar surface area (TPSA) is 56.8 Å². The summed E-state index contributed by atoms with van der Waals surface area (Å²) in [7, 11) is -1.60. The standard InChI is InChI=1S/C24H28N4O2S/c1-26-14-16-27(17-15-26)24-13-12-23(18-25-24)31(29,30)28(19-21-8-4-2-5-9-21)20-22-10-6-3-7-11-22/h2-13,18H,14-17,19-20H2,1H3. The molecule has 0 spiro atoms. The Kier molecular flexibility index (Phi) is 6.65.